The summed E-state index contributed by atoms with van der Waals surface area (Å²) < 4.78 is 1.47. The third kappa shape index (κ3) is 3.30. The summed E-state index contributed by atoms with van der Waals surface area (Å²) in [6.45, 7) is 6.61. The zero-order chi connectivity index (χ0) is 20.9. The van der Waals surface area contributed by atoms with Crippen LogP contribution < -0.4 is 5.56 Å². The van der Waals surface area contributed by atoms with E-state index in [4.69, 9.17) is 10.1 Å². The van der Waals surface area contributed by atoms with E-state index in [-0.39, 0.29) is 11.0 Å². The molecule has 0 N–H and O–H groups in total. The lowest BCUT2D eigenvalue weighted by molar-refractivity contribution is 0.590. The fourth-order valence-corrected chi connectivity index (χ4v) is 5.45. The molecule has 0 saturated carbocycles. The Bertz CT molecular complexity index is 1330. The topological polar surface area (TPSA) is 47.2 Å². The molecule has 0 amide bonds. The van der Waals surface area contributed by atoms with Crippen LogP contribution in [0, 0.1) is 0 Å². The first-order valence-electron chi connectivity index (χ1n) is 9.83. The summed E-state index contributed by atoms with van der Waals surface area (Å²) in [5.41, 5.74) is 5.16. The van der Waals surface area contributed by atoms with Crippen molar-refractivity contribution in [2.75, 3.05) is 5.75 Å². The van der Waals surface area contributed by atoms with Crippen molar-refractivity contribution in [3.05, 3.63) is 81.5 Å². The van der Waals surface area contributed by atoms with Crippen molar-refractivity contribution in [1.29, 1.82) is 0 Å². The fraction of sp³-hybridized carbons (Fsp3) is 0.208. The summed E-state index contributed by atoms with van der Waals surface area (Å²) in [7, 11) is 0. The van der Waals surface area contributed by atoms with E-state index in [0.29, 0.717) is 16.3 Å². The van der Waals surface area contributed by atoms with Gasteiger partial charge < -0.3 is 0 Å². The molecule has 0 aliphatic carbocycles. The molecule has 4 aromatic rings. The first kappa shape index (κ1) is 19.3. The molecule has 0 saturated heterocycles. The summed E-state index contributed by atoms with van der Waals surface area (Å²) in [6, 6.07) is 18.5. The Balaban J connectivity index is 1.62. The van der Waals surface area contributed by atoms with Gasteiger partial charge in [0.1, 0.15) is 4.83 Å². The summed E-state index contributed by atoms with van der Waals surface area (Å²) in [5, 5.41) is 8.03. The number of hydrogen-bond donors (Lipinski definition) is 0. The Morgan fingerprint density at radius 1 is 0.967 bits per heavy atom. The highest BCUT2D eigenvalue weighted by Gasteiger charge is 2.22. The van der Waals surface area contributed by atoms with Crippen molar-refractivity contribution in [2.24, 2.45) is 5.10 Å². The fourth-order valence-electron chi connectivity index (χ4n) is 3.56. The molecule has 6 heteroatoms. The maximum atomic E-state index is 13.4. The standard InChI is InChI=1S/C24H21N3OS2/c1-24(2,3)17-11-9-16(10-12-17)19-14-30-23-25-21-20(22(28)27(23)26-19)18(13-29-21)15-7-5-4-6-8-15/h4-13H,14H2,1-3H3. The van der Waals surface area contributed by atoms with E-state index in [9.17, 15) is 4.79 Å². The molecule has 1 aliphatic rings. The highest BCUT2D eigenvalue weighted by atomic mass is 32.2. The Kier molecular flexibility index (Phi) is 4.64. The van der Waals surface area contributed by atoms with Crippen molar-refractivity contribution < 1.29 is 0 Å². The molecule has 1 aliphatic heterocycles. The third-order valence-electron chi connectivity index (χ3n) is 5.28. The molecule has 0 bridgehead atoms. The van der Waals surface area contributed by atoms with Crippen LogP contribution in [0.5, 0.6) is 0 Å². The quantitative estimate of drug-likeness (QED) is 0.378. The van der Waals surface area contributed by atoms with E-state index in [0.717, 1.165) is 27.2 Å². The minimum absolute atomic E-state index is 0.105. The predicted octanol–water partition coefficient (Wildman–Crippen LogP) is 5.78. The number of benzene rings is 2. The van der Waals surface area contributed by atoms with E-state index < -0.39 is 0 Å². The molecule has 2 aromatic heterocycles. The highest BCUT2D eigenvalue weighted by Crippen LogP contribution is 2.33. The lowest BCUT2D eigenvalue weighted by Crippen LogP contribution is -2.25. The lowest BCUT2D eigenvalue weighted by atomic mass is 9.86. The number of nitrogens with zero attached hydrogens (tertiary/aromatic N) is 3. The number of aromatic nitrogens is 2. The average Bonchev–Trinajstić information content (AvgIpc) is 3.18. The number of rotatable bonds is 2. The maximum absolute atomic E-state index is 13.4. The molecule has 3 heterocycles. The second kappa shape index (κ2) is 7.22. The van der Waals surface area contributed by atoms with Gasteiger partial charge in [0.2, 0.25) is 0 Å². The van der Waals surface area contributed by atoms with Gasteiger partial charge in [-0.15, -0.1) is 11.3 Å². The molecule has 2 aromatic carbocycles. The minimum Gasteiger partial charge on any atom is -0.266 e. The normalized spacial score (nSPS) is 13.9. The van der Waals surface area contributed by atoms with Crippen molar-refractivity contribution >= 4 is 39.0 Å². The molecular weight excluding hydrogens is 410 g/mol. The zero-order valence-electron chi connectivity index (χ0n) is 17.0. The molecule has 5 rings (SSSR count). The van der Waals surface area contributed by atoms with E-state index in [1.807, 2.05) is 35.7 Å². The van der Waals surface area contributed by atoms with Crippen LogP contribution in [0.15, 0.2) is 75.0 Å². The smallest absolute Gasteiger partial charge is 0.266 e. The van der Waals surface area contributed by atoms with Crippen LogP contribution in [0.3, 0.4) is 0 Å². The predicted molar refractivity (Wildman–Crippen MR) is 127 cm³/mol. The first-order chi connectivity index (χ1) is 14.4. The molecule has 0 unspecified atom stereocenters. The van der Waals surface area contributed by atoms with Gasteiger partial charge in [0, 0.05) is 16.7 Å². The van der Waals surface area contributed by atoms with Gasteiger partial charge >= 0.3 is 0 Å². The number of fused-ring (bicyclic) bond motifs is 2. The van der Waals surface area contributed by atoms with Crippen molar-refractivity contribution in [2.45, 2.75) is 31.3 Å². The van der Waals surface area contributed by atoms with Crippen LogP contribution in [0.2, 0.25) is 0 Å². The molecule has 30 heavy (non-hydrogen) atoms. The molecule has 0 fully saturated rings. The van der Waals surface area contributed by atoms with Crippen LogP contribution in [0.25, 0.3) is 21.3 Å². The van der Waals surface area contributed by atoms with Crippen molar-refractivity contribution in [1.82, 2.24) is 9.66 Å². The average molecular weight is 432 g/mol. The first-order valence-corrected chi connectivity index (χ1v) is 11.7. The monoisotopic (exact) mass is 431 g/mol. The van der Waals surface area contributed by atoms with Gasteiger partial charge in [0.05, 0.1) is 11.1 Å². The van der Waals surface area contributed by atoms with E-state index in [1.165, 1.54) is 21.6 Å². The molecule has 0 spiro atoms. The van der Waals surface area contributed by atoms with Crippen LogP contribution in [-0.2, 0) is 5.41 Å². The summed E-state index contributed by atoms with van der Waals surface area (Å²) in [6.07, 6.45) is 0. The zero-order valence-corrected chi connectivity index (χ0v) is 18.7. The molecule has 0 atom stereocenters. The molecule has 0 radical (unpaired) electrons. The van der Waals surface area contributed by atoms with E-state index >= 15 is 0 Å². The van der Waals surface area contributed by atoms with Crippen molar-refractivity contribution in [3.63, 3.8) is 0 Å². The minimum atomic E-state index is -0.105. The number of thiophene rings is 1. The summed E-state index contributed by atoms with van der Waals surface area (Å²) in [4.78, 5) is 18.9. The SMILES string of the molecule is CC(C)(C)c1ccc(C2=Nn3c(nc4scc(-c5ccccc5)c4c3=O)SC2)cc1. The maximum Gasteiger partial charge on any atom is 0.284 e. The molecular formula is C24H21N3OS2. The Morgan fingerprint density at radius 3 is 2.40 bits per heavy atom. The molecule has 4 nitrogen and oxygen atoms in total. The second-order valence-electron chi connectivity index (χ2n) is 8.37. The number of hydrogen-bond acceptors (Lipinski definition) is 5. The van der Waals surface area contributed by atoms with Gasteiger partial charge in [0.15, 0.2) is 5.16 Å². The Morgan fingerprint density at radius 2 is 1.70 bits per heavy atom. The summed E-state index contributed by atoms with van der Waals surface area (Å²) >= 11 is 3.07. The number of thioether (sulfide) groups is 1. The largest absolute Gasteiger partial charge is 0.284 e. The van der Waals surface area contributed by atoms with Crippen molar-refractivity contribution in [3.8, 4) is 11.1 Å². The van der Waals surface area contributed by atoms with Gasteiger partial charge in [-0.05, 0) is 22.1 Å². The molecule has 150 valence electrons. The lowest BCUT2D eigenvalue weighted by Gasteiger charge is -2.20. The summed E-state index contributed by atoms with van der Waals surface area (Å²) in [5.74, 6) is 0.698. The van der Waals surface area contributed by atoms with Crippen LogP contribution in [-0.4, -0.2) is 21.1 Å². The highest BCUT2D eigenvalue weighted by molar-refractivity contribution is 7.99. The van der Waals surface area contributed by atoms with Gasteiger partial charge in [-0.2, -0.15) is 9.78 Å². The Labute approximate surface area is 183 Å². The van der Waals surface area contributed by atoms with Gasteiger partial charge in [-0.25, -0.2) is 4.98 Å². The Hall–Kier alpha value is -2.70. The van der Waals surface area contributed by atoms with Crippen LogP contribution in [0.4, 0.5) is 0 Å². The van der Waals surface area contributed by atoms with Gasteiger partial charge in [-0.1, -0.05) is 87.1 Å². The second-order valence-corrected chi connectivity index (χ2v) is 10.2. The van der Waals surface area contributed by atoms with Crippen LogP contribution >= 0.6 is 23.1 Å². The third-order valence-corrected chi connectivity index (χ3v) is 7.10. The van der Waals surface area contributed by atoms with Gasteiger partial charge in [0.25, 0.3) is 5.56 Å². The van der Waals surface area contributed by atoms with Crippen LogP contribution in [0.1, 0.15) is 31.9 Å². The van der Waals surface area contributed by atoms with E-state index in [2.05, 4.69) is 45.0 Å². The van der Waals surface area contributed by atoms with E-state index in [1.54, 1.807) is 11.8 Å². The van der Waals surface area contributed by atoms with Gasteiger partial charge in [-0.3, -0.25) is 4.79 Å².